The first-order valence-corrected chi connectivity index (χ1v) is 17.5. The largest absolute Gasteiger partial charge is 0.456 e. The van der Waals surface area contributed by atoms with Crippen molar-refractivity contribution in [3.8, 4) is 11.4 Å². The highest BCUT2D eigenvalue weighted by molar-refractivity contribution is 6.13. The van der Waals surface area contributed by atoms with Gasteiger partial charge in [0, 0.05) is 38.3 Å². The molecule has 6 aromatic carbocycles. The maximum absolute atomic E-state index is 7.63. The van der Waals surface area contributed by atoms with Gasteiger partial charge in [0.15, 0.2) is 5.69 Å². The number of unbranched alkanes of at least 4 members (excludes halogenated alkanes) is 1. The molecule has 9 aromatic rings. The number of hydrogen-bond donors (Lipinski definition) is 0. The van der Waals surface area contributed by atoms with Crippen LogP contribution in [0.2, 0.25) is 0 Å². The molecule has 238 valence electrons. The van der Waals surface area contributed by atoms with Gasteiger partial charge in [-0.3, -0.25) is 0 Å². The number of fused-ring (bicyclic) bond motifs is 9. The standard InChI is InChI=1S/C45H37N3O/c1-4-6-11-29(5-2)24-30-16-20-41-36(25-30)38-27-32(47-40-14-9-7-12-34(40)37-26-31(46-3)17-21-42(37)47)18-22-43(38)48(41)33-19-23-45-39(28-33)35-13-8-10-15-44(35)49-45/h7-10,12-23,25-29H,4-6,11,24H2,1-2H3. The quantitative estimate of drug-likeness (QED) is 0.153. The molecule has 4 heteroatoms. The van der Waals surface area contributed by atoms with E-state index in [9.17, 15) is 0 Å². The van der Waals surface area contributed by atoms with Crippen LogP contribution in [0.4, 0.5) is 5.69 Å². The van der Waals surface area contributed by atoms with Crippen LogP contribution in [-0.2, 0) is 6.42 Å². The van der Waals surface area contributed by atoms with Gasteiger partial charge in [0.1, 0.15) is 11.2 Å². The van der Waals surface area contributed by atoms with Crippen molar-refractivity contribution in [2.24, 2.45) is 5.92 Å². The molecule has 0 fully saturated rings. The fourth-order valence-electron chi connectivity index (χ4n) is 8.04. The first-order valence-electron chi connectivity index (χ1n) is 17.5. The van der Waals surface area contributed by atoms with Crippen LogP contribution >= 0.6 is 0 Å². The third kappa shape index (κ3) is 4.72. The van der Waals surface area contributed by atoms with Gasteiger partial charge in [0.05, 0.1) is 28.6 Å². The second kappa shape index (κ2) is 11.7. The van der Waals surface area contributed by atoms with Crippen LogP contribution in [0.25, 0.3) is 81.8 Å². The van der Waals surface area contributed by atoms with Gasteiger partial charge in [-0.05, 0) is 96.1 Å². The van der Waals surface area contributed by atoms with Crippen molar-refractivity contribution in [3.05, 3.63) is 138 Å². The molecule has 0 aliphatic heterocycles. The fourth-order valence-corrected chi connectivity index (χ4v) is 8.04. The summed E-state index contributed by atoms with van der Waals surface area (Å²) in [5.41, 5.74) is 10.7. The van der Waals surface area contributed by atoms with E-state index < -0.39 is 0 Å². The summed E-state index contributed by atoms with van der Waals surface area (Å²) < 4.78 is 11.0. The molecule has 0 amide bonds. The SMILES string of the molecule is [C-]#[N+]c1ccc2c(c1)c1ccccc1n2-c1ccc2c(c1)c1cc(CC(CC)CCCC)ccc1n2-c1ccc2oc3ccccc3c2c1. The molecule has 9 rings (SSSR count). The summed E-state index contributed by atoms with van der Waals surface area (Å²) in [7, 11) is 0. The molecular weight excluding hydrogens is 599 g/mol. The van der Waals surface area contributed by atoms with Crippen LogP contribution in [-0.4, -0.2) is 9.13 Å². The van der Waals surface area contributed by atoms with Crippen LogP contribution in [0.15, 0.2) is 126 Å². The molecule has 0 spiro atoms. The zero-order valence-electron chi connectivity index (χ0n) is 27.9. The average Bonchev–Trinajstić information content (AvgIpc) is 3.79. The molecule has 0 radical (unpaired) electrons. The molecular formula is C45H37N3O. The number of hydrogen-bond acceptors (Lipinski definition) is 1. The summed E-state index contributed by atoms with van der Waals surface area (Å²) in [6.07, 6.45) is 6.10. The summed E-state index contributed by atoms with van der Waals surface area (Å²) in [5, 5.41) is 7.03. The van der Waals surface area contributed by atoms with Crippen LogP contribution < -0.4 is 0 Å². The molecule has 49 heavy (non-hydrogen) atoms. The van der Waals surface area contributed by atoms with Gasteiger partial charge in [0.25, 0.3) is 0 Å². The normalized spacial score (nSPS) is 12.6. The van der Waals surface area contributed by atoms with Gasteiger partial charge in [-0.15, -0.1) is 0 Å². The number of aromatic nitrogens is 2. The first-order chi connectivity index (χ1) is 24.1. The van der Waals surface area contributed by atoms with E-state index in [0.29, 0.717) is 11.6 Å². The van der Waals surface area contributed by atoms with E-state index in [4.69, 9.17) is 11.0 Å². The average molecular weight is 636 g/mol. The molecule has 0 N–H and O–H groups in total. The number of para-hydroxylation sites is 2. The molecule has 3 aromatic heterocycles. The monoisotopic (exact) mass is 635 g/mol. The lowest BCUT2D eigenvalue weighted by atomic mass is 9.91. The summed E-state index contributed by atoms with van der Waals surface area (Å²) in [4.78, 5) is 3.73. The van der Waals surface area contributed by atoms with Gasteiger partial charge < -0.3 is 13.6 Å². The van der Waals surface area contributed by atoms with Gasteiger partial charge in [-0.2, -0.15) is 0 Å². The maximum atomic E-state index is 7.63. The Morgan fingerprint density at radius 2 is 1.20 bits per heavy atom. The maximum Gasteiger partial charge on any atom is 0.188 e. The number of benzene rings is 6. The van der Waals surface area contributed by atoms with E-state index in [1.165, 1.54) is 53.1 Å². The molecule has 3 heterocycles. The Bertz CT molecular complexity index is 2750. The molecule has 0 saturated heterocycles. The number of nitrogens with zero attached hydrogens (tertiary/aromatic N) is 3. The second-order valence-corrected chi connectivity index (χ2v) is 13.5. The summed E-state index contributed by atoms with van der Waals surface area (Å²) in [6, 6.07) is 43.5. The van der Waals surface area contributed by atoms with Crippen LogP contribution in [0.3, 0.4) is 0 Å². The zero-order chi connectivity index (χ0) is 33.1. The Labute approximate surface area is 285 Å². The second-order valence-electron chi connectivity index (χ2n) is 13.5. The molecule has 0 aliphatic carbocycles. The molecule has 1 atom stereocenters. The summed E-state index contributed by atoms with van der Waals surface area (Å²) in [6.45, 7) is 12.2. The minimum absolute atomic E-state index is 0.660. The van der Waals surface area contributed by atoms with Crippen molar-refractivity contribution in [1.82, 2.24) is 9.13 Å². The van der Waals surface area contributed by atoms with E-state index in [2.05, 4.69) is 125 Å². The molecule has 0 bridgehead atoms. The third-order valence-electron chi connectivity index (χ3n) is 10.5. The lowest BCUT2D eigenvalue weighted by molar-refractivity contribution is 0.449. The van der Waals surface area contributed by atoms with Gasteiger partial charge in [-0.25, -0.2) is 4.85 Å². The van der Waals surface area contributed by atoms with Crippen molar-refractivity contribution >= 4 is 71.2 Å². The lowest BCUT2D eigenvalue weighted by Crippen LogP contribution is -2.03. The summed E-state index contributed by atoms with van der Waals surface area (Å²) in [5.74, 6) is 0.691. The summed E-state index contributed by atoms with van der Waals surface area (Å²) >= 11 is 0. The molecule has 4 nitrogen and oxygen atoms in total. The van der Waals surface area contributed by atoms with Crippen LogP contribution in [0.1, 0.15) is 45.1 Å². The van der Waals surface area contributed by atoms with Gasteiger partial charge in [0.2, 0.25) is 0 Å². The molecule has 0 saturated carbocycles. The van der Waals surface area contributed by atoms with Crippen molar-refractivity contribution in [3.63, 3.8) is 0 Å². The zero-order valence-corrected chi connectivity index (χ0v) is 27.9. The Morgan fingerprint density at radius 1 is 0.592 bits per heavy atom. The fraction of sp³-hybridized carbons (Fsp3) is 0.178. The minimum atomic E-state index is 0.660. The van der Waals surface area contributed by atoms with Gasteiger partial charge in [-0.1, -0.05) is 88.1 Å². The molecule has 1 unspecified atom stereocenters. The first kappa shape index (κ1) is 29.4. The highest BCUT2D eigenvalue weighted by Gasteiger charge is 2.19. The van der Waals surface area contributed by atoms with Crippen molar-refractivity contribution in [2.75, 3.05) is 0 Å². The van der Waals surface area contributed by atoms with Crippen LogP contribution in [0.5, 0.6) is 0 Å². The van der Waals surface area contributed by atoms with E-state index in [1.807, 2.05) is 24.3 Å². The third-order valence-corrected chi connectivity index (χ3v) is 10.5. The van der Waals surface area contributed by atoms with Gasteiger partial charge >= 0.3 is 0 Å². The lowest BCUT2D eigenvalue weighted by Gasteiger charge is -2.15. The number of furan rings is 1. The van der Waals surface area contributed by atoms with Crippen LogP contribution in [0, 0.1) is 12.5 Å². The predicted octanol–water partition coefficient (Wildman–Crippen LogP) is 13.1. The highest BCUT2D eigenvalue weighted by atomic mass is 16.3. The number of rotatable bonds is 8. The highest BCUT2D eigenvalue weighted by Crippen LogP contribution is 2.39. The Kier molecular flexibility index (Phi) is 7.02. The van der Waals surface area contributed by atoms with E-state index >= 15 is 0 Å². The van der Waals surface area contributed by atoms with Crippen molar-refractivity contribution in [1.29, 1.82) is 0 Å². The topological polar surface area (TPSA) is 27.4 Å². The van der Waals surface area contributed by atoms with Crippen molar-refractivity contribution in [2.45, 2.75) is 46.0 Å². The predicted molar refractivity (Wildman–Crippen MR) is 206 cm³/mol. The van der Waals surface area contributed by atoms with Crippen molar-refractivity contribution < 1.29 is 4.42 Å². The van der Waals surface area contributed by atoms with E-state index in [1.54, 1.807) is 0 Å². The Morgan fingerprint density at radius 3 is 1.98 bits per heavy atom. The smallest absolute Gasteiger partial charge is 0.188 e. The Balaban J connectivity index is 1.29. The molecule has 0 aliphatic rings. The minimum Gasteiger partial charge on any atom is -0.456 e. The van der Waals surface area contributed by atoms with E-state index in [-0.39, 0.29) is 0 Å². The Hall–Kier alpha value is -5.79. The van der Waals surface area contributed by atoms with E-state index in [0.717, 1.165) is 61.5 Å².